The highest BCUT2D eigenvalue weighted by atomic mass is 79.9. The van der Waals surface area contributed by atoms with Gasteiger partial charge in [-0.2, -0.15) is 0 Å². The van der Waals surface area contributed by atoms with Crippen LogP contribution < -0.4 is 15.6 Å². The first-order chi connectivity index (χ1) is 11.1. The molecule has 6 nitrogen and oxygen atoms in total. The molecule has 1 aliphatic rings. The summed E-state index contributed by atoms with van der Waals surface area (Å²) >= 11 is 3.42. The number of ether oxygens (including phenoxy) is 2. The molecular formula is C17H25BrN2O4. The number of aromatic nitrogens is 1. The number of hydrogen-bond donors (Lipinski definition) is 1. The number of pyridine rings is 1. The second kappa shape index (κ2) is 7.59. The Bertz CT molecular complexity index is 643. The molecule has 1 N–H and O–H groups in total. The van der Waals surface area contributed by atoms with Crippen LogP contribution >= 0.6 is 15.9 Å². The van der Waals surface area contributed by atoms with Crippen molar-refractivity contribution in [3.05, 3.63) is 27.1 Å². The van der Waals surface area contributed by atoms with Crippen molar-refractivity contribution < 1.29 is 14.3 Å². The van der Waals surface area contributed by atoms with Crippen molar-refractivity contribution in [1.29, 1.82) is 0 Å². The topological polar surface area (TPSA) is 69.6 Å². The van der Waals surface area contributed by atoms with E-state index in [-0.39, 0.29) is 23.8 Å². The molecule has 0 radical (unpaired) electrons. The summed E-state index contributed by atoms with van der Waals surface area (Å²) in [6.07, 6.45) is 4.67. The van der Waals surface area contributed by atoms with E-state index in [0.717, 1.165) is 30.2 Å². The lowest BCUT2D eigenvalue weighted by atomic mass is 9.93. The zero-order valence-electron chi connectivity index (χ0n) is 14.6. The number of halogens is 1. The quantitative estimate of drug-likeness (QED) is 0.844. The van der Waals surface area contributed by atoms with E-state index in [1.165, 1.54) is 10.6 Å². The van der Waals surface area contributed by atoms with E-state index in [1.807, 2.05) is 20.8 Å². The van der Waals surface area contributed by atoms with Gasteiger partial charge in [-0.05, 0) is 62.4 Å². The minimum atomic E-state index is -0.490. The van der Waals surface area contributed by atoms with Crippen molar-refractivity contribution in [3.8, 4) is 5.75 Å². The summed E-state index contributed by atoms with van der Waals surface area (Å²) in [5.41, 5.74) is -0.593. The van der Waals surface area contributed by atoms with Gasteiger partial charge in [0, 0.05) is 25.4 Å². The normalized spacial score (nSPS) is 21.2. The third-order valence-electron chi connectivity index (χ3n) is 3.83. The first kappa shape index (κ1) is 18.8. The summed E-state index contributed by atoms with van der Waals surface area (Å²) in [5, 5.41) is 2.91. The Balaban J connectivity index is 1.84. The average Bonchev–Trinajstić information content (AvgIpc) is 2.44. The van der Waals surface area contributed by atoms with Crippen molar-refractivity contribution in [2.45, 2.75) is 64.2 Å². The predicted molar refractivity (Wildman–Crippen MR) is 95.4 cm³/mol. The maximum atomic E-state index is 11.8. The van der Waals surface area contributed by atoms with Crippen LogP contribution in [0.2, 0.25) is 0 Å². The van der Waals surface area contributed by atoms with Gasteiger partial charge in [0.2, 0.25) is 0 Å². The van der Waals surface area contributed by atoms with Gasteiger partial charge in [-0.1, -0.05) is 0 Å². The third kappa shape index (κ3) is 5.54. The van der Waals surface area contributed by atoms with E-state index in [2.05, 4.69) is 21.2 Å². The first-order valence-electron chi connectivity index (χ1n) is 8.16. The Morgan fingerprint density at radius 2 is 1.92 bits per heavy atom. The van der Waals surface area contributed by atoms with Crippen molar-refractivity contribution in [3.63, 3.8) is 0 Å². The number of alkyl carbamates (subject to hydrolysis) is 1. The van der Waals surface area contributed by atoms with Crippen LogP contribution in [0.5, 0.6) is 5.75 Å². The lowest BCUT2D eigenvalue weighted by Crippen LogP contribution is -2.42. The summed E-state index contributed by atoms with van der Waals surface area (Å²) < 4.78 is 13.5. The number of nitrogens with one attached hydrogen (secondary N) is 1. The molecule has 0 aliphatic heterocycles. The summed E-state index contributed by atoms with van der Waals surface area (Å²) in [4.78, 5) is 23.5. The molecule has 0 saturated heterocycles. The highest BCUT2D eigenvalue weighted by Gasteiger charge is 2.26. The van der Waals surface area contributed by atoms with Crippen molar-refractivity contribution in [2.24, 2.45) is 7.05 Å². The number of aryl methyl sites for hydroxylation is 1. The van der Waals surface area contributed by atoms with Crippen LogP contribution in [0.4, 0.5) is 4.79 Å². The zero-order valence-corrected chi connectivity index (χ0v) is 16.2. The maximum Gasteiger partial charge on any atom is 0.407 e. The molecule has 1 aromatic heterocycles. The lowest BCUT2D eigenvalue weighted by molar-refractivity contribution is 0.0470. The Morgan fingerprint density at radius 1 is 1.29 bits per heavy atom. The Hall–Kier alpha value is -1.50. The Morgan fingerprint density at radius 3 is 2.50 bits per heavy atom. The molecule has 134 valence electrons. The molecule has 2 rings (SSSR count). The van der Waals surface area contributed by atoms with Crippen LogP contribution in [0.1, 0.15) is 46.5 Å². The molecule has 1 aromatic rings. The van der Waals surface area contributed by atoms with Gasteiger partial charge in [0.05, 0.1) is 10.6 Å². The molecule has 0 aromatic carbocycles. The number of carbonyl (C=O) groups is 1. The van der Waals surface area contributed by atoms with Crippen molar-refractivity contribution in [1.82, 2.24) is 9.88 Å². The van der Waals surface area contributed by atoms with E-state index >= 15 is 0 Å². The maximum absolute atomic E-state index is 11.8. The lowest BCUT2D eigenvalue weighted by Gasteiger charge is -2.30. The van der Waals surface area contributed by atoms with Crippen LogP contribution in [0.3, 0.4) is 0 Å². The van der Waals surface area contributed by atoms with Crippen LogP contribution in [0.15, 0.2) is 21.5 Å². The fourth-order valence-electron chi connectivity index (χ4n) is 2.65. The molecular weight excluding hydrogens is 376 g/mol. The number of nitrogens with zero attached hydrogens (tertiary/aromatic N) is 1. The number of carbonyl (C=O) groups excluding carboxylic acids is 1. The van der Waals surface area contributed by atoms with Crippen molar-refractivity contribution >= 4 is 22.0 Å². The van der Waals surface area contributed by atoms with Gasteiger partial charge < -0.3 is 19.4 Å². The molecule has 0 spiro atoms. The van der Waals surface area contributed by atoms with Crippen LogP contribution in [0, 0.1) is 0 Å². The van der Waals surface area contributed by atoms with E-state index in [9.17, 15) is 9.59 Å². The van der Waals surface area contributed by atoms with Crippen LogP contribution in [-0.2, 0) is 11.8 Å². The largest absolute Gasteiger partial charge is 0.489 e. The van der Waals surface area contributed by atoms with Gasteiger partial charge in [-0.15, -0.1) is 0 Å². The minimum absolute atomic E-state index is 0.0464. The third-order valence-corrected chi connectivity index (χ3v) is 4.43. The molecule has 0 unspecified atom stereocenters. The fourth-order valence-corrected chi connectivity index (χ4v) is 3.16. The Labute approximate surface area is 150 Å². The van der Waals surface area contributed by atoms with Crippen LogP contribution in [-0.4, -0.2) is 28.4 Å². The van der Waals surface area contributed by atoms with Gasteiger partial charge in [0.25, 0.3) is 5.56 Å². The summed E-state index contributed by atoms with van der Waals surface area (Å²) in [7, 11) is 1.70. The SMILES string of the molecule is Cn1cc(Br)c(OC2CCC(NC(=O)OC(C)(C)C)CC2)cc1=O. The Kier molecular flexibility index (Phi) is 5.96. The smallest absolute Gasteiger partial charge is 0.407 e. The van der Waals surface area contributed by atoms with E-state index < -0.39 is 5.60 Å². The molecule has 7 heteroatoms. The molecule has 1 heterocycles. The number of hydrogen-bond acceptors (Lipinski definition) is 4. The van der Waals surface area contributed by atoms with Crippen LogP contribution in [0.25, 0.3) is 0 Å². The number of rotatable bonds is 3. The predicted octanol–water partition coefficient (Wildman–Crippen LogP) is 3.36. The summed E-state index contributed by atoms with van der Waals surface area (Å²) in [5.74, 6) is 0.571. The van der Waals surface area contributed by atoms with Gasteiger partial charge in [0.15, 0.2) is 0 Å². The molecule has 1 aliphatic carbocycles. The summed E-state index contributed by atoms with van der Waals surface area (Å²) in [6, 6.07) is 1.60. The molecule has 1 amide bonds. The second-order valence-electron chi connectivity index (χ2n) is 7.17. The monoisotopic (exact) mass is 400 g/mol. The van der Waals surface area contributed by atoms with Gasteiger partial charge in [-0.25, -0.2) is 4.79 Å². The average molecular weight is 401 g/mol. The molecule has 0 atom stereocenters. The van der Waals surface area contributed by atoms with E-state index in [4.69, 9.17) is 9.47 Å². The van der Waals surface area contributed by atoms with Crippen molar-refractivity contribution in [2.75, 3.05) is 0 Å². The standard InChI is InChI=1S/C17H25BrN2O4/c1-17(2,3)24-16(22)19-11-5-7-12(8-6-11)23-14-9-15(21)20(4)10-13(14)18/h9-12H,5-8H2,1-4H3,(H,19,22). The zero-order chi connectivity index (χ0) is 17.9. The summed E-state index contributed by atoms with van der Waals surface area (Å²) in [6.45, 7) is 5.54. The minimum Gasteiger partial charge on any atom is -0.489 e. The van der Waals surface area contributed by atoms with Gasteiger partial charge >= 0.3 is 6.09 Å². The van der Waals surface area contributed by atoms with Gasteiger partial charge in [-0.3, -0.25) is 4.79 Å². The second-order valence-corrected chi connectivity index (χ2v) is 8.03. The highest BCUT2D eigenvalue weighted by molar-refractivity contribution is 9.10. The first-order valence-corrected chi connectivity index (χ1v) is 8.96. The van der Waals surface area contributed by atoms with E-state index in [1.54, 1.807) is 13.2 Å². The highest BCUT2D eigenvalue weighted by Crippen LogP contribution is 2.28. The molecule has 1 fully saturated rings. The molecule has 24 heavy (non-hydrogen) atoms. The molecule has 0 bridgehead atoms. The fraction of sp³-hybridized carbons (Fsp3) is 0.647. The number of amides is 1. The van der Waals surface area contributed by atoms with E-state index in [0.29, 0.717) is 5.75 Å². The van der Waals surface area contributed by atoms with Gasteiger partial charge in [0.1, 0.15) is 11.4 Å². The molecule has 1 saturated carbocycles.